The fraction of sp³-hybridized carbons (Fsp3) is 0.579. The average molecular weight is 373 g/mol. The smallest absolute Gasteiger partial charge is 0.134 e. The van der Waals surface area contributed by atoms with Gasteiger partial charge in [-0.3, -0.25) is 4.90 Å². The number of halogens is 2. The summed E-state index contributed by atoms with van der Waals surface area (Å²) in [5.41, 5.74) is 1.01. The Kier molecular flexibility index (Phi) is 9.14. The second-order valence-corrected chi connectivity index (χ2v) is 6.88. The molecule has 0 saturated carbocycles. The van der Waals surface area contributed by atoms with Crippen molar-refractivity contribution in [2.75, 3.05) is 19.6 Å². The molecule has 1 aromatic heterocycles. The first-order valence-electron chi connectivity index (χ1n) is 8.64. The van der Waals surface area contributed by atoms with E-state index in [4.69, 9.17) is 4.42 Å². The maximum atomic E-state index is 6.04. The summed E-state index contributed by atoms with van der Waals surface area (Å²) in [5.74, 6) is 1.85. The van der Waals surface area contributed by atoms with E-state index in [1.165, 1.54) is 31.2 Å². The molecule has 0 bridgehead atoms. The largest absolute Gasteiger partial charge is 0.460 e. The van der Waals surface area contributed by atoms with E-state index in [0.29, 0.717) is 6.04 Å². The van der Waals surface area contributed by atoms with E-state index < -0.39 is 0 Å². The van der Waals surface area contributed by atoms with Crippen LogP contribution in [0, 0.1) is 5.92 Å². The van der Waals surface area contributed by atoms with Crippen molar-refractivity contribution in [2.45, 2.75) is 45.7 Å². The third-order valence-electron chi connectivity index (χ3n) is 4.65. The van der Waals surface area contributed by atoms with Crippen molar-refractivity contribution in [3.63, 3.8) is 0 Å². The van der Waals surface area contributed by atoms with E-state index in [2.05, 4.69) is 48.3 Å². The molecule has 0 unspecified atom stereocenters. The number of furan rings is 1. The lowest BCUT2D eigenvalue weighted by Gasteiger charge is -2.34. The van der Waals surface area contributed by atoms with Crippen molar-refractivity contribution in [3.8, 4) is 0 Å². The number of fused-ring (bicyclic) bond motifs is 1. The van der Waals surface area contributed by atoms with Crippen LogP contribution in [0.4, 0.5) is 0 Å². The van der Waals surface area contributed by atoms with E-state index >= 15 is 0 Å². The van der Waals surface area contributed by atoms with Gasteiger partial charge in [0.15, 0.2) is 0 Å². The summed E-state index contributed by atoms with van der Waals surface area (Å²) in [6.07, 6.45) is 3.75. The van der Waals surface area contributed by atoms with Crippen LogP contribution in [0.25, 0.3) is 11.0 Å². The minimum atomic E-state index is 0. The Bertz CT molecular complexity index is 561. The first-order valence-corrected chi connectivity index (χ1v) is 8.64. The van der Waals surface area contributed by atoms with Crippen molar-refractivity contribution in [1.29, 1.82) is 0 Å². The summed E-state index contributed by atoms with van der Waals surface area (Å²) >= 11 is 0. The van der Waals surface area contributed by atoms with Gasteiger partial charge in [0.25, 0.3) is 0 Å². The highest BCUT2D eigenvalue weighted by atomic mass is 35.5. The zero-order chi connectivity index (χ0) is 15.4. The summed E-state index contributed by atoms with van der Waals surface area (Å²) < 4.78 is 6.04. The Labute approximate surface area is 158 Å². The molecule has 1 aromatic carbocycles. The molecule has 1 fully saturated rings. The standard InChI is InChI=1S/C19H28N2O.2ClH/c1-15(2)9-12-21(17-7-10-20-11-8-17)14-18-13-16-5-3-4-6-19(16)22-18;;/h3-6,13,15,17,20H,7-12,14H2,1-2H3;2*1H. The topological polar surface area (TPSA) is 28.4 Å². The fourth-order valence-electron chi connectivity index (χ4n) is 3.30. The van der Waals surface area contributed by atoms with Crippen LogP contribution in [0.3, 0.4) is 0 Å². The van der Waals surface area contributed by atoms with Gasteiger partial charge in [-0.05, 0) is 56.9 Å². The second kappa shape index (κ2) is 10.3. The number of hydrogen-bond acceptors (Lipinski definition) is 3. The van der Waals surface area contributed by atoms with E-state index in [0.717, 1.165) is 36.9 Å². The number of nitrogens with zero attached hydrogens (tertiary/aromatic N) is 1. The molecular weight excluding hydrogens is 343 g/mol. The van der Waals surface area contributed by atoms with Crippen LogP contribution in [0.2, 0.25) is 0 Å². The van der Waals surface area contributed by atoms with Crippen LogP contribution in [0.1, 0.15) is 38.9 Å². The Balaban J connectivity index is 0.00000144. The van der Waals surface area contributed by atoms with E-state index in [1.807, 2.05) is 6.07 Å². The molecule has 0 spiro atoms. The number of piperidine rings is 1. The van der Waals surface area contributed by atoms with Crippen LogP contribution < -0.4 is 5.32 Å². The fourth-order valence-corrected chi connectivity index (χ4v) is 3.30. The minimum absolute atomic E-state index is 0. The summed E-state index contributed by atoms with van der Waals surface area (Å²) in [4.78, 5) is 2.64. The zero-order valence-electron chi connectivity index (χ0n) is 14.7. The molecule has 1 saturated heterocycles. The number of rotatable bonds is 6. The summed E-state index contributed by atoms with van der Waals surface area (Å²) in [7, 11) is 0. The highest BCUT2D eigenvalue weighted by molar-refractivity contribution is 5.85. The van der Waals surface area contributed by atoms with Gasteiger partial charge in [0.05, 0.1) is 6.54 Å². The second-order valence-electron chi connectivity index (χ2n) is 6.88. The molecule has 0 atom stereocenters. The molecule has 3 rings (SSSR count). The number of nitrogens with one attached hydrogen (secondary N) is 1. The zero-order valence-corrected chi connectivity index (χ0v) is 16.3. The van der Waals surface area contributed by atoms with Gasteiger partial charge in [-0.15, -0.1) is 24.8 Å². The molecule has 0 aliphatic carbocycles. The number of para-hydroxylation sites is 1. The third-order valence-corrected chi connectivity index (χ3v) is 4.65. The Morgan fingerprint density at radius 2 is 1.88 bits per heavy atom. The lowest BCUT2D eigenvalue weighted by atomic mass is 10.0. The van der Waals surface area contributed by atoms with Crippen molar-refractivity contribution >= 4 is 35.8 Å². The Morgan fingerprint density at radius 1 is 1.17 bits per heavy atom. The quantitative estimate of drug-likeness (QED) is 0.783. The molecule has 0 amide bonds. The summed E-state index contributed by atoms with van der Waals surface area (Å²) in [5, 5.41) is 4.68. The monoisotopic (exact) mass is 372 g/mol. The van der Waals surface area contributed by atoms with Crippen molar-refractivity contribution in [2.24, 2.45) is 5.92 Å². The molecule has 2 heterocycles. The SMILES string of the molecule is CC(C)CCN(Cc1cc2ccccc2o1)C1CCNCC1.Cl.Cl. The summed E-state index contributed by atoms with van der Waals surface area (Å²) in [6, 6.07) is 11.2. The predicted octanol–water partition coefficient (Wildman–Crippen LogP) is 4.88. The van der Waals surface area contributed by atoms with Gasteiger partial charge < -0.3 is 9.73 Å². The van der Waals surface area contributed by atoms with Gasteiger partial charge >= 0.3 is 0 Å². The van der Waals surface area contributed by atoms with Crippen LogP contribution in [-0.4, -0.2) is 30.6 Å². The normalized spacial score (nSPS) is 15.5. The maximum Gasteiger partial charge on any atom is 0.134 e. The Hall–Kier alpha value is -0.740. The summed E-state index contributed by atoms with van der Waals surface area (Å²) in [6.45, 7) is 9.00. The Morgan fingerprint density at radius 3 is 2.54 bits per heavy atom. The van der Waals surface area contributed by atoms with Gasteiger partial charge in [0, 0.05) is 11.4 Å². The highest BCUT2D eigenvalue weighted by Gasteiger charge is 2.22. The van der Waals surface area contributed by atoms with E-state index in [1.54, 1.807) is 0 Å². The molecule has 5 heteroatoms. The van der Waals surface area contributed by atoms with Gasteiger partial charge in [-0.1, -0.05) is 32.0 Å². The van der Waals surface area contributed by atoms with Gasteiger partial charge in [0.2, 0.25) is 0 Å². The molecule has 136 valence electrons. The first-order chi connectivity index (χ1) is 10.7. The van der Waals surface area contributed by atoms with Crippen LogP contribution in [0.5, 0.6) is 0 Å². The van der Waals surface area contributed by atoms with E-state index in [9.17, 15) is 0 Å². The molecule has 0 radical (unpaired) electrons. The molecule has 2 aromatic rings. The number of hydrogen-bond donors (Lipinski definition) is 1. The van der Waals surface area contributed by atoms with Crippen LogP contribution in [-0.2, 0) is 6.54 Å². The maximum absolute atomic E-state index is 6.04. The van der Waals surface area contributed by atoms with Gasteiger partial charge in [-0.25, -0.2) is 0 Å². The molecule has 1 aliphatic heterocycles. The van der Waals surface area contributed by atoms with Crippen molar-refractivity contribution in [3.05, 3.63) is 36.1 Å². The number of benzene rings is 1. The molecule has 3 nitrogen and oxygen atoms in total. The minimum Gasteiger partial charge on any atom is -0.460 e. The van der Waals surface area contributed by atoms with Crippen molar-refractivity contribution in [1.82, 2.24) is 10.2 Å². The average Bonchev–Trinajstić information content (AvgIpc) is 2.94. The van der Waals surface area contributed by atoms with Crippen LogP contribution in [0.15, 0.2) is 34.7 Å². The van der Waals surface area contributed by atoms with Gasteiger partial charge in [0.1, 0.15) is 11.3 Å². The van der Waals surface area contributed by atoms with Crippen LogP contribution >= 0.6 is 24.8 Å². The molecular formula is C19H30Cl2N2O. The lowest BCUT2D eigenvalue weighted by Crippen LogP contribution is -2.43. The molecule has 1 N–H and O–H groups in total. The van der Waals surface area contributed by atoms with Crippen molar-refractivity contribution < 1.29 is 4.42 Å². The first kappa shape index (κ1) is 21.3. The lowest BCUT2D eigenvalue weighted by molar-refractivity contribution is 0.137. The van der Waals surface area contributed by atoms with E-state index in [-0.39, 0.29) is 24.8 Å². The molecule has 24 heavy (non-hydrogen) atoms. The van der Waals surface area contributed by atoms with Gasteiger partial charge in [-0.2, -0.15) is 0 Å². The molecule has 1 aliphatic rings. The third kappa shape index (κ3) is 5.66. The highest BCUT2D eigenvalue weighted by Crippen LogP contribution is 2.23. The predicted molar refractivity (Wildman–Crippen MR) is 106 cm³/mol.